The van der Waals surface area contributed by atoms with Gasteiger partial charge in [0.2, 0.25) is 5.91 Å². The number of amides is 2. The average Bonchev–Trinajstić information content (AvgIpc) is 2.94. The molecule has 1 heterocycles. The van der Waals surface area contributed by atoms with Gasteiger partial charge in [-0.3, -0.25) is 9.59 Å². The first-order valence-corrected chi connectivity index (χ1v) is 7.11. The van der Waals surface area contributed by atoms with Crippen molar-refractivity contribution in [2.45, 2.75) is 25.3 Å². The van der Waals surface area contributed by atoms with Gasteiger partial charge in [0.1, 0.15) is 0 Å². The van der Waals surface area contributed by atoms with Gasteiger partial charge in [-0.2, -0.15) is 0 Å². The Hall–Kier alpha value is -2.14. The second-order valence-corrected chi connectivity index (χ2v) is 5.39. The summed E-state index contributed by atoms with van der Waals surface area (Å²) in [4.78, 5) is 24.0. The van der Waals surface area contributed by atoms with Crippen molar-refractivity contribution in [3.63, 3.8) is 0 Å². The summed E-state index contributed by atoms with van der Waals surface area (Å²) in [5.74, 6) is -0.193. The average molecular weight is 287 g/mol. The lowest BCUT2D eigenvalue weighted by molar-refractivity contribution is -0.121. The number of benzene rings is 1. The number of anilines is 1. The zero-order valence-electron chi connectivity index (χ0n) is 12.2. The molecule has 0 radical (unpaired) electrons. The van der Waals surface area contributed by atoms with Gasteiger partial charge in [-0.05, 0) is 50.6 Å². The molecule has 21 heavy (non-hydrogen) atoms. The molecular formula is C16H21N3O2. The van der Waals surface area contributed by atoms with Crippen LogP contribution in [0.2, 0.25) is 0 Å². The second-order valence-electron chi connectivity index (χ2n) is 5.39. The van der Waals surface area contributed by atoms with E-state index in [1.165, 1.54) is 0 Å². The Bertz CT molecular complexity index is 531. The lowest BCUT2D eigenvalue weighted by Gasteiger charge is -2.23. The SMILES string of the molecule is C=CCNC(=O)c1ccc(NC(=O)C2(C)CCCN2)cc1. The molecule has 1 unspecified atom stereocenters. The Balaban J connectivity index is 1.97. The Morgan fingerprint density at radius 2 is 2.10 bits per heavy atom. The van der Waals surface area contributed by atoms with Crippen LogP contribution in [-0.4, -0.2) is 30.4 Å². The van der Waals surface area contributed by atoms with Crippen LogP contribution in [0.1, 0.15) is 30.1 Å². The second kappa shape index (κ2) is 6.54. The van der Waals surface area contributed by atoms with Crippen molar-refractivity contribution in [1.29, 1.82) is 0 Å². The van der Waals surface area contributed by atoms with Gasteiger partial charge in [-0.25, -0.2) is 0 Å². The van der Waals surface area contributed by atoms with Gasteiger partial charge in [-0.15, -0.1) is 6.58 Å². The summed E-state index contributed by atoms with van der Waals surface area (Å²) in [5, 5.41) is 8.81. The van der Waals surface area contributed by atoms with E-state index in [0.29, 0.717) is 17.8 Å². The van der Waals surface area contributed by atoms with Crippen LogP contribution in [0.15, 0.2) is 36.9 Å². The fourth-order valence-electron chi connectivity index (χ4n) is 2.33. The summed E-state index contributed by atoms with van der Waals surface area (Å²) >= 11 is 0. The first-order valence-electron chi connectivity index (χ1n) is 7.11. The largest absolute Gasteiger partial charge is 0.349 e. The van der Waals surface area contributed by atoms with Crippen molar-refractivity contribution < 1.29 is 9.59 Å². The van der Waals surface area contributed by atoms with Gasteiger partial charge in [0, 0.05) is 17.8 Å². The van der Waals surface area contributed by atoms with E-state index in [1.54, 1.807) is 30.3 Å². The van der Waals surface area contributed by atoms with E-state index < -0.39 is 5.54 Å². The fraction of sp³-hybridized carbons (Fsp3) is 0.375. The molecule has 0 bridgehead atoms. The van der Waals surface area contributed by atoms with E-state index >= 15 is 0 Å². The Morgan fingerprint density at radius 1 is 1.38 bits per heavy atom. The Labute approximate surface area is 124 Å². The van der Waals surface area contributed by atoms with Gasteiger partial charge in [0.25, 0.3) is 5.91 Å². The number of hydrogen-bond donors (Lipinski definition) is 3. The molecule has 1 aliphatic heterocycles. The van der Waals surface area contributed by atoms with Crippen molar-refractivity contribution in [2.75, 3.05) is 18.4 Å². The van der Waals surface area contributed by atoms with E-state index in [2.05, 4.69) is 22.5 Å². The molecule has 2 rings (SSSR count). The van der Waals surface area contributed by atoms with Gasteiger partial charge in [-0.1, -0.05) is 6.08 Å². The number of hydrogen-bond acceptors (Lipinski definition) is 3. The molecule has 0 aliphatic carbocycles. The highest BCUT2D eigenvalue weighted by Crippen LogP contribution is 2.21. The number of rotatable bonds is 5. The van der Waals surface area contributed by atoms with Crippen molar-refractivity contribution in [2.24, 2.45) is 0 Å². The van der Waals surface area contributed by atoms with Crippen LogP contribution in [0.25, 0.3) is 0 Å². The lowest BCUT2D eigenvalue weighted by atomic mass is 9.99. The molecule has 5 nitrogen and oxygen atoms in total. The molecular weight excluding hydrogens is 266 g/mol. The molecule has 0 saturated carbocycles. The van der Waals surface area contributed by atoms with Crippen LogP contribution in [0.4, 0.5) is 5.69 Å². The third-order valence-corrected chi connectivity index (χ3v) is 3.68. The van der Waals surface area contributed by atoms with Crippen LogP contribution >= 0.6 is 0 Å². The molecule has 0 aromatic heterocycles. The summed E-state index contributed by atoms with van der Waals surface area (Å²) in [6.07, 6.45) is 3.47. The molecule has 1 aliphatic rings. The molecule has 1 saturated heterocycles. The van der Waals surface area contributed by atoms with Crippen LogP contribution in [0.5, 0.6) is 0 Å². The summed E-state index contributed by atoms with van der Waals surface area (Å²) in [6, 6.07) is 6.86. The molecule has 5 heteroatoms. The van der Waals surface area contributed by atoms with Gasteiger partial charge < -0.3 is 16.0 Å². The number of carbonyl (C=O) groups is 2. The normalized spacial score (nSPS) is 20.8. The van der Waals surface area contributed by atoms with Crippen LogP contribution in [-0.2, 0) is 4.79 Å². The van der Waals surface area contributed by atoms with Crippen molar-refractivity contribution in [3.8, 4) is 0 Å². The minimum atomic E-state index is -0.500. The first-order chi connectivity index (χ1) is 10.0. The molecule has 1 aromatic carbocycles. The molecule has 1 aromatic rings. The quantitative estimate of drug-likeness (QED) is 0.722. The molecule has 2 amide bonds. The predicted octanol–water partition coefficient (Wildman–Crippen LogP) is 1.68. The van der Waals surface area contributed by atoms with Crippen LogP contribution in [0, 0.1) is 0 Å². The van der Waals surface area contributed by atoms with E-state index in [0.717, 1.165) is 19.4 Å². The lowest BCUT2D eigenvalue weighted by Crippen LogP contribution is -2.47. The fourth-order valence-corrected chi connectivity index (χ4v) is 2.33. The van der Waals surface area contributed by atoms with E-state index in [9.17, 15) is 9.59 Å². The minimum absolute atomic E-state index is 0.0381. The molecule has 1 atom stereocenters. The van der Waals surface area contributed by atoms with E-state index in [4.69, 9.17) is 0 Å². The van der Waals surface area contributed by atoms with Crippen LogP contribution < -0.4 is 16.0 Å². The van der Waals surface area contributed by atoms with Gasteiger partial charge in [0.05, 0.1) is 5.54 Å². The summed E-state index contributed by atoms with van der Waals surface area (Å²) in [6.45, 7) is 6.76. The predicted molar refractivity (Wildman–Crippen MR) is 83.2 cm³/mol. The highest BCUT2D eigenvalue weighted by atomic mass is 16.2. The smallest absolute Gasteiger partial charge is 0.251 e. The summed E-state index contributed by atoms with van der Waals surface area (Å²) in [5.41, 5.74) is 0.746. The molecule has 1 fully saturated rings. The maximum absolute atomic E-state index is 12.2. The van der Waals surface area contributed by atoms with Gasteiger partial charge >= 0.3 is 0 Å². The van der Waals surface area contributed by atoms with Crippen molar-refractivity contribution >= 4 is 17.5 Å². The third kappa shape index (κ3) is 3.70. The highest BCUT2D eigenvalue weighted by molar-refractivity contribution is 5.99. The minimum Gasteiger partial charge on any atom is -0.349 e. The topological polar surface area (TPSA) is 70.2 Å². The maximum atomic E-state index is 12.2. The first kappa shape index (κ1) is 15.3. The maximum Gasteiger partial charge on any atom is 0.251 e. The standard InChI is InChI=1S/C16H21N3O2/c1-3-10-17-14(20)12-5-7-13(8-6-12)19-15(21)16(2)9-4-11-18-16/h3,5-8,18H,1,4,9-11H2,2H3,(H,17,20)(H,19,21). The number of nitrogens with one attached hydrogen (secondary N) is 3. The summed E-state index contributed by atoms with van der Waals surface area (Å²) < 4.78 is 0. The molecule has 3 N–H and O–H groups in total. The van der Waals surface area contributed by atoms with E-state index in [-0.39, 0.29) is 11.8 Å². The van der Waals surface area contributed by atoms with Crippen molar-refractivity contribution in [1.82, 2.24) is 10.6 Å². The zero-order chi connectivity index (χ0) is 15.3. The van der Waals surface area contributed by atoms with Gasteiger partial charge in [0.15, 0.2) is 0 Å². The zero-order valence-corrected chi connectivity index (χ0v) is 12.2. The summed E-state index contributed by atoms with van der Waals surface area (Å²) in [7, 11) is 0. The Kier molecular flexibility index (Phi) is 4.75. The third-order valence-electron chi connectivity index (χ3n) is 3.68. The highest BCUT2D eigenvalue weighted by Gasteiger charge is 2.35. The monoisotopic (exact) mass is 287 g/mol. The van der Waals surface area contributed by atoms with Crippen molar-refractivity contribution in [3.05, 3.63) is 42.5 Å². The molecule has 0 spiro atoms. The number of carbonyl (C=O) groups excluding carboxylic acids is 2. The molecule has 112 valence electrons. The van der Waals surface area contributed by atoms with Crippen LogP contribution in [0.3, 0.4) is 0 Å². The van der Waals surface area contributed by atoms with E-state index in [1.807, 2.05) is 6.92 Å². The Morgan fingerprint density at radius 3 is 2.67 bits per heavy atom.